The quantitative estimate of drug-likeness (QED) is 0.762. The largest absolute Gasteiger partial charge is 0.490 e. The Bertz CT molecular complexity index is 535. The lowest BCUT2D eigenvalue weighted by molar-refractivity contribution is -0.192. The molecular formula is C12H10F3NO3. The van der Waals surface area contributed by atoms with E-state index in [-0.39, 0.29) is 11.3 Å². The van der Waals surface area contributed by atoms with E-state index >= 15 is 0 Å². The van der Waals surface area contributed by atoms with Crippen LogP contribution in [0.15, 0.2) is 24.3 Å². The number of nitrogens with one attached hydrogen (secondary N) is 1. The maximum absolute atomic E-state index is 11.5. The summed E-state index contributed by atoms with van der Waals surface area (Å²) < 4.78 is 31.7. The van der Waals surface area contributed by atoms with Gasteiger partial charge in [0, 0.05) is 5.69 Å². The van der Waals surface area contributed by atoms with E-state index in [1.165, 1.54) is 5.56 Å². The molecule has 19 heavy (non-hydrogen) atoms. The van der Waals surface area contributed by atoms with Crippen LogP contribution in [-0.4, -0.2) is 23.2 Å². The minimum Gasteiger partial charge on any atom is -0.475 e. The number of fused-ring (bicyclic) bond motifs is 2. The van der Waals surface area contributed by atoms with Gasteiger partial charge in [-0.2, -0.15) is 13.2 Å². The summed E-state index contributed by atoms with van der Waals surface area (Å²) in [7, 11) is 0. The maximum Gasteiger partial charge on any atom is 0.490 e. The van der Waals surface area contributed by atoms with Crippen molar-refractivity contribution in [2.45, 2.75) is 24.4 Å². The number of hydrogen-bond donors (Lipinski definition) is 2. The molecule has 0 radical (unpaired) electrons. The molecule has 0 atom stereocenters. The minimum atomic E-state index is -5.08. The van der Waals surface area contributed by atoms with Crippen molar-refractivity contribution in [3.8, 4) is 0 Å². The summed E-state index contributed by atoms with van der Waals surface area (Å²) in [6.07, 6.45) is -3.04. The Balaban J connectivity index is 0.000000167. The number of carboxylic acids is 1. The first-order valence-electron chi connectivity index (χ1n) is 5.48. The molecule has 0 unspecified atom stereocenters. The third-order valence-electron chi connectivity index (χ3n) is 3.12. The Hall–Kier alpha value is -2.05. The number of para-hydroxylation sites is 1. The highest BCUT2D eigenvalue weighted by molar-refractivity contribution is 6.08. The van der Waals surface area contributed by atoms with Gasteiger partial charge >= 0.3 is 12.1 Å². The van der Waals surface area contributed by atoms with Gasteiger partial charge in [0.05, 0.1) is 5.41 Å². The van der Waals surface area contributed by atoms with Gasteiger partial charge in [0.2, 0.25) is 5.91 Å². The number of carbonyl (C=O) groups excluding carboxylic acids is 1. The summed E-state index contributed by atoms with van der Waals surface area (Å²) in [6.45, 7) is 0. The summed E-state index contributed by atoms with van der Waals surface area (Å²) >= 11 is 0. The number of carbonyl (C=O) groups is 2. The standard InChI is InChI=1S/C10H9NO.C2HF3O2/c12-9-10(5-6-10)7-3-1-2-4-8(7)11-9;3-2(4,5)1(6)7/h1-4H,5-6H2,(H,11,12);(H,6,7). The lowest BCUT2D eigenvalue weighted by Gasteiger charge is -2.01. The number of carboxylic acid groups (broad SMARTS) is 1. The molecule has 1 aromatic carbocycles. The van der Waals surface area contributed by atoms with Crippen LogP contribution in [0.3, 0.4) is 0 Å². The fourth-order valence-corrected chi connectivity index (χ4v) is 2.00. The van der Waals surface area contributed by atoms with Gasteiger partial charge in [0.25, 0.3) is 0 Å². The number of benzene rings is 1. The van der Waals surface area contributed by atoms with Crippen molar-refractivity contribution in [2.75, 3.05) is 5.32 Å². The molecule has 0 aromatic heterocycles. The molecule has 2 N–H and O–H groups in total. The highest BCUT2D eigenvalue weighted by atomic mass is 19.4. The van der Waals surface area contributed by atoms with Crippen molar-refractivity contribution in [3.05, 3.63) is 29.8 Å². The van der Waals surface area contributed by atoms with Crippen LogP contribution in [0.1, 0.15) is 18.4 Å². The van der Waals surface area contributed by atoms with Gasteiger partial charge < -0.3 is 10.4 Å². The zero-order chi connectivity index (χ0) is 14.3. The Morgan fingerprint density at radius 2 is 1.79 bits per heavy atom. The Morgan fingerprint density at radius 3 is 2.26 bits per heavy atom. The SMILES string of the molecule is O=C(O)C(F)(F)F.O=C1Nc2ccccc2C12CC2. The highest BCUT2D eigenvalue weighted by Crippen LogP contribution is 2.54. The fourth-order valence-electron chi connectivity index (χ4n) is 2.00. The molecule has 1 saturated carbocycles. The van der Waals surface area contributed by atoms with E-state index in [0.29, 0.717) is 0 Å². The van der Waals surface area contributed by atoms with Gasteiger partial charge in [-0.15, -0.1) is 0 Å². The molecule has 0 bridgehead atoms. The lowest BCUT2D eigenvalue weighted by Crippen LogP contribution is -2.21. The zero-order valence-electron chi connectivity index (χ0n) is 9.62. The van der Waals surface area contributed by atoms with Crippen LogP contribution in [0.25, 0.3) is 0 Å². The summed E-state index contributed by atoms with van der Waals surface area (Å²) in [5, 5.41) is 10.0. The maximum atomic E-state index is 11.5. The second kappa shape index (κ2) is 4.25. The topological polar surface area (TPSA) is 66.4 Å². The van der Waals surface area contributed by atoms with Crippen molar-refractivity contribution in [1.82, 2.24) is 0 Å². The highest BCUT2D eigenvalue weighted by Gasteiger charge is 2.55. The van der Waals surface area contributed by atoms with Crippen molar-refractivity contribution in [2.24, 2.45) is 0 Å². The van der Waals surface area contributed by atoms with Crippen molar-refractivity contribution < 1.29 is 27.9 Å². The number of halogens is 3. The van der Waals surface area contributed by atoms with Gasteiger partial charge in [0.1, 0.15) is 0 Å². The molecule has 1 aliphatic heterocycles. The van der Waals surface area contributed by atoms with Crippen molar-refractivity contribution in [1.29, 1.82) is 0 Å². The average molecular weight is 273 g/mol. The van der Waals surface area contributed by atoms with E-state index < -0.39 is 12.1 Å². The lowest BCUT2D eigenvalue weighted by atomic mass is 9.98. The average Bonchev–Trinajstić information content (AvgIpc) is 3.05. The fraction of sp³-hybridized carbons (Fsp3) is 0.333. The predicted octanol–water partition coefficient (Wildman–Crippen LogP) is 2.30. The molecule has 0 saturated heterocycles. The molecule has 1 aromatic rings. The van der Waals surface area contributed by atoms with Crippen LogP contribution in [0.2, 0.25) is 0 Å². The Labute approximate surface area is 106 Å². The molecular weight excluding hydrogens is 263 g/mol. The molecule has 7 heteroatoms. The third-order valence-corrected chi connectivity index (χ3v) is 3.12. The number of rotatable bonds is 0. The zero-order valence-corrected chi connectivity index (χ0v) is 9.62. The van der Waals surface area contributed by atoms with Gasteiger partial charge in [-0.05, 0) is 24.5 Å². The Morgan fingerprint density at radius 1 is 1.26 bits per heavy atom. The normalized spacial score (nSPS) is 18.2. The van der Waals surface area contributed by atoms with Crippen LogP contribution in [0.4, 0.5) is 18.9 Å². The number of amides is 1. The summed E-state index contributed by atoms with van der Waals surface area (Å²) in [6, 6.07) is 7.99. The number of aliphatic carboxylic acids is 1. The van der Waals surface area contributed by atoms with E-state index in [1.54, 1.807) is 0 Å². The molecule has 4 nitrogen and oxygen atoms in total. The molecule has 102 valence electrons. The third kappa shape index (κ3) is 2.40. The molecule has 1 aliphatic carbocycles. The summed E-state index contributed by atoms with van der Waals surface area (Å²) in [4.78, 5) is 20.4. The predicted molar refractivity (Wildman–Crippen MR) is 59.7 cm³/mol. The molecule has 3 rings (SSSR count). The monoisotopic (exact) mass is 273 g/mol. The van der Waals surface area contributed by atoms with Crippen LogP contribution >= 0.6 is 0 Å². The van der Waals surface area contributed by atoms with Gasteiger partial charge in [-0.25, -0.2) is 4.79 Å². The van der Waals surface area contributed by atoms with E-state index in [1.807, 2.05) is 18.2 Å². The van der Waals surface area contributed by atoms with Crippen LogP contribution < -0.4 is 5.32 Å². The van der Waals surface area contributed by atoms with Crippen LogP contribution in [0, 0.1) is 0 Å². The molecule has 1 amide bonds. The molecule has 1 spiro atoms. The number of alkyl halides is 3. The smallest absolute Gasteiger partial charge is 0.475 e. The van der Waals surface area contributed by atoms with Crippen LogP contribution in [0.5, 0.6) is 0 Å². The first-order valence-corrected chi connectivity index (χ1v) is 5.48. The van der Waals surface area contributed by atoms with Crippen molar-refractivity contribution >= 4 is 17.6 Å². The van der Waals surface area contributed by atoms with E-state index in [9.17, 15) is 18.0 Å². The van der Waals surface area contributed by atoms with E-state index in [2.05, 4.69) is 11.4 Å². The van der Waals surface area contributed by atoms with E-state index in [0.717, 1.165) is 18.5 Å². The van der Waals surface area contributed by atoms with Gasteiger partial charge in [0.15, 0.2) is 0 Å². The van der Waals surface area contributed by atoms with Crippen molar-refractivity contribution in [3.63, 3.8) is 0 Å². The van der Waals surface area contributed by atoms with Gasteiger partial charge in [-0.1, -0.05) is 18.2 Å². The molecule has 1 fully saturated rings. The first kappa shape index (κ1) is 13.4. The number of anilines is 1. The number of hydrogen-bond acceptors (Lipinski definition) is 2. The Kier molecular flexibility index (Phi) is 3.00. The van der Waals surface area contributed by atoms with Gasteiger partial charge in [-0.3, -0.25) is 4.79 Å². The van der Waals surface area contributed by atoms with E-state index in [4.69, 9.17) is 9.90 Å². The second-order valence-electron chi connectivity index (χ2n) is 4.38. The second-order valence-corrected chi connectivity index (χ2v) is 4.38. The first-order chi connectivity index (χ1) is 8.77. The molecule has 2 aliphatic rings. The molecule has 1 heterocycles. The van der Waals surface area contributed by atoms with Crippen LogP contribution in [-0.2, 0) is 15.0 Å². The summed E-state index contributed by atoms with van der Waals surface area (Å²) in [5.41, 5.74) is 2.10. The minimum absolute atomic E-state index is 0.114. The summed E-state index contributed by atoms with van der Waals surface area (Å²) in [5.74, 6) is -2.56.